The maximum absolute atomic E-state index is 13.4. The lowest BCUT2D eigenvalue weighted by Crippen LogP contribution is -2.30. The normalized spacial score (nSPS) is 11.7. The van der Waals surface area contributed by atoms with E-state index < -0.39 is 34.4 Å². The number of nitro benzene ring substituents is 1. The smallest absolute Gasteiger partial charge is 0.341 e. The van der Waals surface area contributed by atoms with Crippen LogP contribution in [0.25, 0.3) is 10.9 Å². The first-order valence-electron chi connectivity index (χ1n) is 9.00. The Labute approximate surface area is 170 Å². The molecule has 0 aliphatic carbocycles. The Morgan fingerprint density at radius 3 is 2.60 bits per heavy atom. The van der Waals surface area contributed by atoms with Crippen LogP contribution < -0.4 is 5.32 Å². The molecule has 1 N–H and O–H groups in total. The van der Waals surface area contributed by atoms with Crippen molar-refractivity contribution in [3.8, 4) is 0 Å². The predicted octanol–water partition coefficient (Wildman–Crippen LogP) is 4.08. The second kappa shape index (κ2) is 8.24. The van der Waals surface area contributed by atoms with Gasteiger partial charge in [0.2, 0.25) is 5.82 Å². The summed E-state index contributed by atoms with van der Waals surface area (Å²) in [5.74, 6) is -2.45. The van der Waals surface area contributed by atoms with Gasteiger partial charge < -0.3 is 10.1 Å². The van der Waals surface area contributed by atoms with Gasteiger partial charge in [-0.05, 0) is 44.5 Å². The van der Waals surface area contributed by atoms with Crippen molar-refractivity contribution in [3.05, 3.63) is 75.2 Å². The number of hydrogen-bond donors (Lipinski definition) is 1. The number of carbonyl (C=O) groups excluding carboxylic acids is 2. The fourth-order valence-corrected chi connectivity index (χ4v) is 3.08. The van der Waals surface area contributed by atoms with E-state index in [2.05, 4.69) is 10.3 Å². The summed E-state index contributed by atoms with van der Waals surface area (Å²) in [6.45, 7) is 4.82. The third-order valence-electron chi connectivity index (χ3n) is 4.60. The van der Waals surface area contributed by atoms with Crippen molar-refractivity contribution < 1.29 is 23.6 Å². The van der Waals surface area contributed by atoms with Gasteiger partial charge in [-0.3, -0.25) is 19.9 Å². The summed E-state index contributed by atoms with van der Waals surface area (Å²) in [7, 11) is 0. The number of benzene rings is 2. The molecule has 0 saturated carbocycles. The molecule has 0 unspecified atom stereocenters. The number of aromatic nitrogens is 1. The lowest BCUT2D eigenvalue weighted by Gasteiger charge is -2.16. The zero-order valence-electron chi connectivity index (χ0n) is 16.4. The highest BCUT2D eigenvalue weighted by molar-refractivity contribution is 6.01. The number of pyridine rings is 1. The van der Waals surface area contributed by atoms with Crippen molar-refractivity contribution in [2.24, 2.45) is 0 Å². The minimum atomic E-state index is -1.20. The van der Waals surface area contributed by atoms with Gasteiger partial charge in [-0.2, -0.15) is 4.39 Å². The molecule has 1 aromatic heterocycles. The van der Waals surface area contributed by atoms with Gasteiger partial charge in [-0.15, -0.1) is 0 Å². The number of nitrogens with zero attached hydrogens (tertiary/aromatic N) is 2. The molecule has 1 amide bonds. The van der Waals surface area contributed by atoms with Crippen LogP contribution >= 0.6 is 0 Å². The number of fused-ring (bicyclic) bond motifs is 1. The quantitative estimate of drug-likeness (QED) is 0.385. The summed E-state index contributed by atoms with van der Waals surface area (Å²) in [5, 5.41) is 14.0. The van der Waals surface area contributed by atoms with Gasteiger partial charge in [0.05, 0.1) is 21.7 Å². The molecule has 30 heavy (non-hydrogen) atoms. The van der Waals surface area contributed by atoms with Gasteiger partial charge in [-0.25, -0.2) is 4.79 Å². The first-order valence-corrected chi connectivity index (χ1v) is 9.00. The predicted molar refractivity (Wildman–Crippen MR) is 108 cm³/mol. The van der Waals surface area contributed by atoms with Gasteiger partial charge in [0, 0.05) is 17.1 Å². The number of aryl methyl sites for hydroxylation is 2. The summed E-state index contributed by atoms with van der Waals surface area (Å²) in [4.78, 5) is 39.4. The van der Waals surface area contributed by atoms with Crippen molar-refractivity contribution in [2.45, 2.75) is 26.9 Å². The molecular formula is C21H18FN3O5. The van der Waals surface area contributed by atoms with Crippen molar-refractivity contribution in [1.29, 1.82) is 0 Å². The molecule has 1 heterocycles. The van der Waals surface area contributed by atoms with Crippen LogP contribution in [-0.4, -0.2) is 27.9 Å². The van der Waals surface area contributed by atoms with Crippen molar-refractivity contribution in [3.63, 3.8) is 0 Å². The maximum Gasteiger partial charge on any atom is 0.341 e. The summed E-state index contributed by atoms with van der Waals surface area (Å²) >= 11 is 0. The van der Waals surface area contributed by atoms with Crippen molar-refractivity contribution >= 4 is 34.2 Å². The molecule has 2 aromatic carbocycles. The number of nitrogens with one attached hydrogen (secondary N) is 1. The molecule has 3 rings (SSSR count). The third kappa shape index (κ3) is 4.09. The molecule has 3 aromatic rings. The van der Waals surface area contributed by atoms with Gasteiger partial charge in [0.1, 0.15) is 0 Å². The van der Waals surface area contributed by atoms with Crippen LogP contribution in [0.15, 0.2) is 42.5 Å². The largest absolute Gasteiger partial charge is 0.449 e. The van der Waals surface area contributed by atoms with Gasteiger partial charge in [-0.1, -0.05) is 18.2 Å². The van der Waals surface area contributed by atoms with Crippen LogP contribution in [0.4, 0.5) is 15.8 Å². The molecule has 0 bridgehead atoms. The van der Waals surface area contributed by atoms with Gasteiger partial charge in [0.15, 0.2) is 6.10 Å². The molecule has 9 heteroatoms. The summed E-state index contributed by atoms with van der Waals surface area (Å²) in [5.41, 5.74) is 1.41. The fraction of sp³-hybridized carbons (Fsp3) is 0.190. The third-order valence-corrected chi connectivity index (χ3v) is 4.60. The second-order valence-corrected chi connectivity index (χ2v) is 6.67. The van der Waals surface area contributed by atoms with Gasteiger partial charge >= 0.3 is 11.7 Å². The van der Waals surface area contributed by atoms with E-state index in [-0.39, 0.29) is 11.3 Å². The monoisotopic (exact) mass is 411 g/mol. The van der Waals surface area contributed by atoms with Crippen LogP contribution in [0, 0.1) is 29.8 Å². The van der Waals surface area contributed by atoms with Crippen molar-refractivity contribution in [1.82, 2.24) is 4.98 Å². The SMILES string of the molecule is Cc1nc2ccccc2c(C)c1C(=O)O[C@H](C)C(=O)Nc1ccc(F)c([N+](=O)[O-])c1. The lowest BCUT2D eigenvalue weighted by molar-refractivity contribution is -0.387. The number of amides is 1. The number of esters is 1. The first-order chi connectivity index (χ1) is 14.2. The Kier molecular flexibility index (Phi) is 5.72. The molecule has 0 aliphatic heterocycles. The Balaban J connectivity index is 1.78. The zero-order valence-corrected chi connectivity index (χ0v) is 16.4. The number of para-hydroxylation sites is 1. The second-order valence-electron chi connectivity index (χ2n) is 6.67. The maximum atomic E-state index is 13.4. The van der Waals surface area contributed by atoms with E-state index in [4.69, 9.17) is 4.74 Å². The first kappa shape index (κ1) is 20.8. The van der Waals surface area contributed by atoms with E-state index in [1.54, 1.807) is 13.8 Å². The van der Waals surface area contributed by atoms with Crippen LogP contribution in [0.1, 0.15) is 28.5 Å². The van der Waals surface area contributed by atoms with Gasteiger partial charge in [0.25, 0.3) is 5.91 Å². The highest BCUT2D eigenvalue weighted by Gasteiger charge is 2.24. The summed E-state index contributed by atoms with van der Waals surface area (Å²) in [6, 6.07) is 10.3. The molecule has 154 valence electrons. The van der Waals surface area contributed by atoms with Crippen LogP contribution in [0.5, 0.6) is 0 Å². The van der Waals surface area contributed by atoms with E-state index in [1.807, 2.05) is 24.3 Å². The number of carbonyl (C=O) groups is 2. The zero-order chi connectivity index (χ0) is 22.0. The minimum Gasteiger partial charge on any atom is -0.449 e. The molecular weight excluding hydrogens is 393 g/mol. The van der Waals surface area contributed by atoms with E-state index in [0.717, 1.165) is 23.0 Å². The Morgan fingerprint density at radius 2 is 1.90 bits per heavy atom. The number of ether oxygens (including phenoxy) is 1. The number of nitro groups is 1. The average Bonchev–Trinajstić information content (AvgIpc) is 2.69. The Bertz CT molecular complexity index is 1180. The lowest BCUT2D eigenvalue weighted by atomic mass is 10.0. The highest BCUT2D eigenvalue weighted by atomic mass is 19.1. The molecule has 0 aliphatic rings. The van der Waals surface area contributed by atoms with E-state index in [1.165, 1.54) is 13.0 Å². The average molecular weight is 411 g/mol. The number of anilines is 1. The van der Waals surface area contributed by atoms with Crippen LogP contribution in [-0.2, 0) is 9.53 Å². The molecule has 8 nitrogen and oxygen atoms in total. The molecule has 0 fully saturated rings. The van der Waals surface area contributed by atoms with E-state index >= 15 is 0 Å². The molecule has 0 radical (unpaired) electrons. The minimum absolute atomic E-state index is 0.00994. The Hall–Kier alpha value is -3.88. The number of hydrogen-bond acceptors (Lipinski definition) is 6. The number of halogens is 1. The molecule has 0 spiro atoms. The van der Waals surface area contributed by atoms with Crippen LogP contribution in [0.3, 0.4) is 0 Å². The van der Waals surface area contributed by atoms with Crippen molar-refractivity contribution in [2.75, 3.05) is 5.32 Å². The molecule has 1 atom stereocenters. The van der Waals surface area contributed by atoms with Crippen LogP contribution in [0.2, 0.25) is 0 Å². The highest BCUT2D eigenvalue weighted by Crippen LogP contribution is 2.24. The molecule has 0 saturated heterocycles. The summed E-state index contributed by atoms with van der Waals surface area (Å²) in [6.07, 6.45) is -1.20. The number of rotatable bonds is 5. The standard InChI is InChI=1S/C21H18FN3O5/c1-11-15-6-4-5-7-17(15)23-12(2)19(11)21(27)30-13(3)20(26)24-14-8-9-16(22)18(10-14)25(28)29/h4-10,13H,1-3H3,(H,24,26)/t13-/m1/s1. The topological polar surface area (TPSA) is 111 Å². The Morgan fingerprint density at radius 1 is 1.20 bits per heavy atom. The summed E-state index contributed by atoms with van der Waals surface area (Å²) < 4.78 is 18.7. The van der Waals surface area contributed by atoms with E-state index in [9.17, 15) is 24.1 Å². The van der Waals surface area contributed by atoms with E-state index in [0.29, 0.717) is 11.3 Å². The fourth-order valence-electron chi connectivity index (χ4n) is 3.08.